The molecule has 2 aromatic carbocycles. The number of fused-ring (bicyclic) bond motifs is 1. The number of thiophene rings is 1. The molecule has 0 aliphatic rings. The van der Waals surface area contributed by atoms with Gasteiger partial charge in [-0.1, -0.05) is 59.8 Å². The molecule has 0 aliphatic carbocycles. The third-order valence-electron chi connectivity index (χ3n) is 4.41. The van der Waals surface area contributed by atoms with E-state index < -0.39 is 0 Å². The van der Waals surface area contributed by atoms with E-state index in [2.05, 4.69) is 4.98 Å². The molecular weight excluding hydrogens is 415 g/mol. The molecule has 0 aliphatic heterocycles. The molecule has 28 heavy (non-hydrogen) atoms. The van der Waals surface area contributed by atoms with Crippen molar-refractivity contribution in [2.75, 3.05) is 0 Å². The van der Waals surface area contributed by atoms with Crippen molar-refractivity contribution in [1.29, 1.82) is 0 Å². The lowest BCUT2D eigenvalue weighted by Gasteiger charge is -2.13. The van der Waals surface area contributed by atoms with E-state index in [4.69, 9.17) is 11.6 Å². The number of aryl methyl sites for hydroxylation is 1. The molecule has 0 bridgehead atoms. The minimum Gasteiger partial charge on any atom is -0.286 e. The highest BCUT2D eigenvalue weighted by Crippen LogP contribution is 2.28. The Morgan fingerprint density at radius 2 is 1.93 bits per heavy atom. The number of rotatable bonds is 6. The zero-order chi connectivity index (χ0) is 19.5. The molecule has 0 saturated carbocycles. The second-order valence-corrected chi connectivity index (χ2v) is 8.48. The van der Waals surface area contributed by atoms with Crippen LogP contribution >= 0.6 is 34.7 Å². The number of hydrogen-bond acceptors (Lipinski definition) is 4. The van der Waals surface area contributed by atoms with Crippen molar-refractivity contribution < 1.29 is 4.39 Å². The summed E-state index contributed by atoms with van der Waals surface area (Å²) in [5.74, 6) is -0.0476. The first kappa shape index (κ1) is 19.2. The van der Waals surface area contributed by atoms with Gasteiger partial charge in [-0.25, -0.2) is 9.37 Å². The van der Waals surface area contributed by atoms with Gasteiger partial charge < -0.3 is 0 Å². The topological polar surface area (TPSA) is 34.9 Å². The molecule has 0 N–H and O–H groups in total. The minimum absolute atomic E-state index is 0.0574. The van der Waals surface area contributed by atoms with Gasteiger partial charge in [0, 0.05) is 22.9 Å². The van der Waals surface area contributed by atoms with Crippen LogP contribution in [0.5, 0.6) is 0 Å². The first-order valence-electron chi connectivity index (χ1n) is 8.71. The smallest absolute Gasteiger partial charge is 0.272 e. The van der Waals surface area contributed by atoms with Crippen LogP contribution in [0, 0.1) is 5.82 Å². The Kier molecular flexibility index (Phi) is 5.80. The molecule has 142 valence electrons. The predicted octanol–water partition coefficient (Wildman–Crippen LogP) is 5.79. The lowest BCUT2D eigenvalue weighted by atomic mass is 10.1. The van der Waals surface area contributed by atoms with Crippen LogP contribution in [0.4, 0.5) is 4.39 Å². The molecule has 2 aromatic heterocycles. The number of hydrogen-bond donors (Lipinski definition) is 0. The van der Waals surface area contributed by atoms with Crippen LogP contribution in [0.1, 0.15) is 11.1 Å². The Morgan fingerprint density at radius 3 is 2.71 bits per heavy atom. The quantitative estimate of drug-likeness (QED) is 0.287. The normalized spacial score (nSPS) is 11.2. The molecule has 0 unspecified atom stereocenters. The minimum atomic E-state index is -0.352. The average Bonchev–Trinajstić information content (AvgIpc) is 3.17. The fourth-order valence-corrected chi connectivity index (χ4v) is 5.07. The van der Waals surface area contributed by atoms with Crippen molar-refractivity contribution in [3.63, 3.8) is 0 Å². The third-order valence-corrected chi connectivity index (χ3v) is 6.65. The second-order valence-electron chi connectivity index (χ2n) is 6.21. The van der Waals surface area contributed by atoms with E-state index in [1.165, 1.54) is 29.2 Å². The molecule has 0 atom stereocenters. The summed E-state index contributed by atoms with van der Waals surface area (Å²) >= 11 is 8.86. The van der Waals surface area contributed by atoms with Crippen molar-refractivity contribution in [2.45, 2.75) is 23.9 Å². The molecule has 2 heterocycles. The van der Waals surface area contributed by atoms with E-state index in [1.54, 1.807) is 16.7 Å². The van der Waals surface area contributed by atoms with Gasteiger partial charge in [-0.05, 0) is 35.6 Å². The summed E-state index contributed by atoms with van der Waals surface area (Å²) in [4.78, 5) is 17.7. The summed E-state index contributed by atoms with van der Waals surface area (Å²) in [6.07, 6.45) is 0.716. The van der Waals surface area contributed by atoms with Crippen molar-refractivity contribution in [1.82, 2.24) is 9.55 Å². The van der Waals surface area contributed by atoms with Gasteiger partial charge in [-0.3, -0.25) is 9.36 Å². The molecule has 4 aromatic rings. The largest absolute Gasteiger partial charge is 0.286 e. The van der Waals surface area contributed by atoms with Gasteiger partial charge in [0.1, 0.15) is 10.5 Å². The van der Waals surface area contributed by atoms with Crippen molar-refractivity contribution in [3.8, 4) is 0 Å². The summed E-state index contributed by atoms with van der Waals surface area (Å²) in [6.45, 7) is 0.511. The molecular formula is C21H16ClFN2OS2. The summed E-state index contributed by atoms with van der Waals surface area (Å²) in [7, 11) is 0. The standard InChI is InChI=1S/C21H16ClFN2OS2/c22-16-7-4-8-17(23)15(16)13-28-21-24-18-10-12-27-19(18)20(26)25(21)11-9-14-5-2-1-3-6-14/h1-8,10,12H,9,11,13H2. The summed E-state index contributed by atoms with van der Waals surface area (Å²) in [5.41, 5.74) is 2.18. The molecule has 0 saturated heterocycles. The van der Waals surface area contributed by atoms with Crippen LogP contribution in [0.15, 0.2) is 69.9 Å². The average molecular weight is 431 g/mol. The molecule has 0 spiro atoms. The lowest BCUT2D eigenvalue weighted by molar-refractivity contribution is 0.595. The number of aromatic nitrogens is 2. The zero-order valence-corrected chi connectivity index (χ0v) is 17.2. The van der Waals surface area contributed by atoms with Gasteiger partial charge in [-0.15, -0.1) is 11.3 Å². The van der Waals surface area contributed by atoms with Crippen molar-refractivity contribution in [2.24, 2.45) is 0 Å². The maximum absolute atomic E-state index is 14.1. The highest BCUT2D eigenvalue weighted by Gasteiger charge is 2.15. The predicted molar refractivity (Wildman–Crippen MR) is 115 cm³/mol. The summed E-state index contributed by atoms with van der Waals surface area (Å²) < 4.78 is 16.4. The molecule has 0 amide bonds. The maximum Gasteiger partial charge on any atom is 0.272 e. The summed E-state index contributed by atoms with van der Waals surface area (Å²) in [5, 5.41) is 2.82. The molecule has 0 fully saturated rings. The number of thioether (sulfide) groups is 1. The highest BCUT2D eigenvalue weighted by molar-refractivity contribution is 7.98. The van der Waals surface area contributed by atoms with Gasteiger partial charge in [0.05, 0.1) is 5.52 Å². The summed E-state index contributed by atoms with van der Waals surface area (Å²) in [6, 6.07) is 16.5. The lowest BCUT2D eigenvalue weighted by Crippen LogP contribution is -2.23. The molecule has 7 heteroatoms. The maximum atomic E-state index is 14.1. The Hall–Kier alpha value is -2.15. The van der Waals surface area contributed by atoms with E-state index in [1.807, 2.05) is 41.8 Å². The van der Waals surface area contributed by atoms with E-state index in [0.717, 1.165) is 5.56 Å². The first-order valence-corrected chi connectivity index (χ1v) is 11.0. The van der Waals surface area contributed by atoms with Crippen LogP contribution in [0.25, 0.3) is 10.2 Å². The van der Waals surface area contributed by atoms with Gasteiger partial charge in [0.2, 0.25) is 0 Å². The van der Waals surface area contributed by atoms with Crippen LogP contribution in [0.2, 0.25) is 5.02 Å². The van der Waals surface area contributed by atoms with Crippen LogP contribution < -0.4 is 5.56 Å². The van der Waals surface area contributed by atoms with E-state index >= 15 is 0 Å². The number of benzene rings is 2. The molecule has 0 radical (unpaired) electrons. The van der Waals surface area contributed by atoms with Gasteiger partial charge >= 0.3 is 0 Å². The monoisotopic (exact) mass is 430 g/mol. The number of nitrogens with zero attached hydrogens (tertiary/aromatic N) is 2. The first-order chi connectivity index (χ1) is 13.6. The Labute approximate surface area is 174 Å². The van der Waals surface area contributed by atoms with E-state index in [9.17, 15) is 9.18 Å². The fraction of sp³-hybridized carbons (Fsp3) is 0.143. The highest BCUT2D eigenvalue weighted by atomic mass is 35.5. The van der Waals surface area contributed by atoms with Gasteiger partial charge in [0.25, 0.3) is 5.56 Å². The van der Waals surface area contributed by atoms with E-state index in [-0.39, 0.29) is 11.4 Å². The molecule has 3 nitrogen and oxygen atoms in total. The Bertz CT molecular complexity index is 1150. The van der Waals surface area contributed by atoms with E-state index in [0.29, 0.717) is 44.7 Å². The van der Waals surface area contributed by atoms with Gasteiger partial charge in [-0.2, -0.15) is 0 Å². The van der Waals surface area contributed by atoms with Crippen molar-refractivity contribution in [3.05, 3.63) is 92.3 Å². The van der Waals surface area contributed by atoms with Crippen LogP contribution in [-0.4, -0.2) is 9.55 Å². The second kappa shape index (κ2) is 8.47. The van der Waals surface area contributed by atoms with Crippen LogP contribution in [-0.2, 0) is 18.7 Å². The van der Waals surface area contributed by atoms with Crippen molar-refractivity contribution >= 4 is 44.9 Å². The molecule has 4 rings (SSSR count). The van der Waals surface area contributed by atoms with Crippen LogP contribution in [0.3, 0.4) is 0 Å². The fourth-order valence-electron chi connectivity index (χ4n) is 2.92. The Balaban J connectivity index is 1.67. The SMILES string of the molecule is O=c1c2sccc2nc(SCc2c(F)cccc2Cl)n1CCc1ccccc1. The third kappa shape index (κ3) is 3.99. The number of halogens is 2. The Morgan fingerprint density at radius 1 is 1.11 bits per heavy atom. The zero-order valence-electron chi connectivity index (χ0n) is 14.8. The van der Waals surface area contributed by atoms with Gasteiger partial charge in [0.15, 0.2) is 5.16 Å².